The topological polar surface area (TPSA) is 54.0 Å². The Morgan fingerprint density at radius 1 is 1.43 bits per heavy atom. The first kappa shape index (κ1) is 10.5. The van der Waals surface area contributed by atoms with E-state index in [-0.39, 0.29) is 11.9 Å². The minimum atomic E-state index is -0.00295. The van der Waals surface area contributed by atoms with E-state index in [1.165, 1.54) is 0 Å². The fourth-order valence-corrected chi connectivity index (χ4v) is 1.03. The standard InChI is InChI=1S/C10H15N3O/c1-8(2)13-10(14)7-12-9-3-5-11-6-4-9/h3-6,8H,7H2,1-2H3,(H,11,12)(H,13,14). The molecule has 1 aromatic heterocycles. The highest BCUT2D eigenvalue weighted by Crippen LogP contribution is 2.01. The van der Waals surface area contributed by atoms with Gasteiger partial charge in [0.1, 0.15) is 0 Å². The Labute approximate surface area is 83.7 Å². The third-order valence-electron chi connectivity index (χ3n) is 1.58. The average molecular weight is 193 g/mol. The maximum Gasteiger partial charge on any atom is 0.239 e. The molecule has 1 amide bonds. The molecule has 0 saturated carbocycles. The number of nitrogens with one attached hydrogen (secondary N) is 2. The molecule has 0 unspecified atom stereocenters. The molecule has 0 fully saturated rings. The number of carbonyl (C=O) groups excluding carboxylic acids is 1. The maximum absolute atomic E-state index is 11.2. The predicted molar refractivity (Wildman–Crippen MR) is 56.0 cm³/mol. The SMILES string of the molecule is CC(C)NC(=O)CNc1ccncc1. The molecule has 2 N–H and O–H groups in total. The van der Waals surface area contributed by atoms with Crippen molar-refractivity contribution in [1.29, 1.82) is 0 Å². The molecule has 1 rings (SSSR count). The fraction of sp³-hybridized carbons (Fsp3) is 0.400. The van der Waals surface area contributed by atoms with Crippen molar-refractivity contribution in [2.75, 3.05) is 11.9 Å². The molecule has 0 atom stereocenters. The van der Waals surface area contributed by atoms with Gasteiger partial charge in [0.05, 0.1) is 6.54 Å². The van der Waals surface area contributed by atoms with Crippen molar-refractivity contribution in [3.8, 4) is 0 Å². The van der Waals surface area contributed by atoms with Crippen LogP contribution < -0.4 is 10.6 Å². The molecular formula is C10H15N3O. The second kappa shape index (κ2) is 5.21. The van der Waals surface area contributed by atoms with Crippen LogP contribution in [0.2, 0.25) is 0 Å². The molecule has 1 aromatic rings. The van der Waals surface area contributed by atoms with Crippen LogP contribution >= 0.6 is 0 Å². The van der Waals surface area contributed by atoms with Crippen molar-refractivity contribution in [3.63, 3.8) is 0 Å². The van der Waals surface area contributed by atoms with E-state index in [2.05, 4.69) is 15.6 Å². The van der Waals surface area contributed by atoms with E-state index in [4.69, 9.17) is 0 Å². The number of aromatic nitrogens is 1. The molecule has 0 aliphatic rings. The van der Waals surface area contributed by atoms with Gasteiger partial charge in [-0.3, -0.25) is 9.78 Å². The van der Waals surface area contributed by atoms with Crippen molar-refractivity contribution in [1.82, 2.24) is 10.3 Å². The Balaban J connectivity index is 2.31. The lowest BCUT2D eigenvalue weighted by Gasteiger charge is -2.09. The van der Waals surface area contributed by atoms with E-state index in [1.54, 1.807) is 12.4 Å². The van der Waals surface area contributed by atoms with Gasteiger partial charge in [-0.25, -0.2) is 0 Å². The summed E-state index contributed by atoms with van der Waals surface area (Å²) in [7, 11) is 0. The zero-order valence-electron chi connectivity index (χ0n) is 8.45. The highest BCUT2D eigenvalue weighted by atomic mass is 16.1. The molecule has 0 aliphatic heterocycles. The van der Waals surface area contributed by atoms with Gasteiger partial charge in [0.15, 0.2) is 0 Å². The highest BCUT2D eigenvalue weighted by molar-refractivity contribution is 5.80. The summed E-state index contributed by atoms with van der Waals surface area (Å²) < 4.78 is 0. The van der Waals surface area contributed by atoms with E-state index in [0.29, 0.717) is 6.54 Å². The Bertz CT molecular complexity index is 285. The van der Waals surface area contributed by atoms with Gasteiger partial charge in [-0.05, 0) is 26.0 Å². The Hall–Kier alpha value is -1.58. The van der Waals surface area contributed by atoms with Gasteiger partial charge in [-0.15, -0.1) is 0 Å². The minimum Gasteiger partial charge on any atom is -0.376 e. The van der Waals surface area contributed by atoms with Crippen LogP contribution in [0.15, 0.2) is 24.5 Å². The quantitative estimate of drug-likeness (QED) is 0.750. The van der Waals surface area contributed by atoms with Gasteiger partial charge in [-0.1, -0.05) is 0 Å². The van der Waals surface area contributed by atoms with Crippen LogP contribution in [0, 0.1) is 0 Å². The minimum absolute atomic E-state index is 0.00295. The first-order valence-electron chi connectivity index (χ1n) is 4.62. The van der Waals surface area contributed by atoms with Crippen molar-refractivity contribution < 1.29 is 4.79 Å². The molecule has 4 nitrogen and oxygen atoms in total. The number of carbonyl (C=O) groups is 1. The first-order valence-corrected chi connectivity index (χ1v) is 4.62. The zero-order valence-corrected chi connectivity index (χ0v) is 8.45. The predicted octanol–water partition coefficient (Wildman–Crippen LogP) is 1.02. The van der Waals surface area contributed by atoms with E-state index >= 15 is 0 Å². The number of anilines is 1. The van der Waals surface area contributed by atoms with E-state index in [1.807, 2.05) is 26.0 Å². The molecule has 0 spiro atoms. The summed E-state index contributed by atoms with van der Waals surface area (Å²) in [6.45, 7) is 4.16. The van der Waals surface area contributed by atoms with Crippen LogP contribution in [0.5, 0.6) is 0 Å². The lowest BCUT2D eigenvalue weighted by atomic mass is 10.3. The summed E-state index contributed by atoms with van der Waals surface area (Å²) in [4.78, 5) is 15.1. The molecule has 1 heterocycles. The number of rotatable bonds is 4. The number of amides is 1. The second-order valence-corrected chi connectivity index (χ2v) is 3.31. The van der Waals surface area contributed by atoms with Crippen molar-refractivity contribution in [2.24, 2.45) is 0 Å². The summed E-state index contributed by atoms with van der Waals surface area (Å²) in [5.41, 5.74) is 0.902. The maximum atomic E-state index is 11.2. The molecule has 14 heavy (non-hydrogen) atoms. The normalized spacial score (nSPS) is 9.93. The number of hydrogen-bond acceptors (Lipinski definition) is 3. The molecule has 0 saturated heterocycles. The highest BCUT2D eigenvalue weighted by Gasteiger charge is 2.01. The Morgan fingerprint density at radius 3 is 2.64 bits per heavy atom. The summed E-state index contributed by atoms with van der Waals surface area (Å²) in [5.74, 6) is -0.00295. The molecule has 0 aromatic carbocycles. The molecule has 0 bridgehead atoms. The van der Waals surface area contributed by atoms with Crippen molar-refractivity contribution in [3.05, 3.63) is 24.5 Å². The Morgan fingerprint density at radius 2 is 2.07 bits per heavy atom. The van der Waals surface area contributed by atoms with Crippen LogP contribution in [0.1, 0.15) is 13.8 Å². The number of nitrogens with zero attached hydrogens (tertiary/aromatic N) is 1. The summed E-state index contributed by atoms with van der Waals surface area (Å²) >= 11 is 0. The largest absolute Gasteiger partial charge is 0.376 e. The summed E-state index contributed by atoms with van der Waals surface area (Å²) in [6.07, 6.45) is 3.37. The number of hydrogen-bond donors (Lipinski definition) is 2. The van der Waals surface area contributed by atoms with Crippen LogP contribution in [0.25, 0.3) is 0 Å². The zero-order chi connectivity index (χ0) is 10.4. The van der Waals surface area contributed by atoms with Crippen molar-refractivity contribution >= 4 is 11.6 Å². The summed E-state index contributed by atoms with van der Waals surface area (Å²) in [5, 5.41) is 5.79. The molecular weight excluding hydrogens is 178 g/mol. The van der Waals surface area contributed by atoms with E-state index in [0.717, 1.165) is 5.69 Å². The molecule has 0 radical (unpaired) electrons. The first-order chi connectivity index (χ1) is 6.68. The molecule has 4 heteroatoms. The van der Waals surface area contributed by atoms with Gasteiger partial charge < -0.3 is 10.6 Å². The van der Waals surface area contributed by atoms with Crippen LogP contribution in [0.4, 0.5) is 5.69 Å². The second-order valence-electron chi connectivity index (χ2n) is 3.31. The smallest absolute Gasteiger partial charge is 0.239 e. The van der Waals surface area contributed by atoms with Crippen LogP contribution in [-0.4, -0.2) is 23.5 Å². The average Bonchev–Trinajstić information content (AvgIpc) is 2.15. The molecule has 0 aliphatic carbocycles. The Kier molecular flexibility index (Phi) is 3.91. The fourth-order valence-electron chi connectivity index (χ4n) is 1.03. The van der Waals surface area contributed by atoms with E-state index in [9.17, 15) is 4.79 Å². The van der Waals surface area contributed by atoms with E-state index < -0.39 is 0 Å². The van der Waals surface area contributed by atoms with Gasteiger partial charge in [0.25, 0.3) is 0 Å². The summed E-state index contributed by atoms with van der Waals surface area (Å²) in [6, 6.07) is 3.83. The third-order valence-corrected chi connectivity index (χ3v) is 1.58. The van der Waals surface area contributed by atoms with Crippen LogP contribution in [0.3, 0.4) is 0 Å². The van der Waals surface area contributed by atoms with Gasteiger partial charge in [0, 0.05) is 24.1 Å². The number of pyridine rings is 1. The lowest BCUT2D eigenvalue weighted by molar-refractivity contribution is -0.119. The van der Waals surface area contributed by atoms with Crippen molar-refractivity contribution in [2.45, 2.75) is 19.9 Å². The lowest BCUT2D eigenvalue weighted by Crippen LogP contribution is -2.34. The monoisotopic (exact) mass is 193 g/mol. The van der Waals surface area contributed by atoms with Gasteiger partial charge >= 0.3 is 0 Å². The third kappa shape index (κ3) is 3.89. The van der Waals surface area contributed by atoms with Gasteiger partial charge in [-0.2, -0.15) is 0 Å². The van der Waals surface area contributed by atoms with Gasteiger partial charge in [0.2, 0.25) is 5.91 Å². The van der Waals surface area contributed by atoms with Crippen LogP contribution in [-0.2, 0) is 4.79 Å². The molecule has 76 valence electrons.